The van der Waals surface area contributed by atoms with Gasteiger partial charge in [0.25, 0.3) is 0 Å². The van der Waals surface area contributed by atoms with Gasteiger partial charge in [0.1, 0.15) is 5.82 Å². The second-order valence-electron chi connectivity index (χ2n) is 6.15. The highest BCUT2D eigenvalue weighted by Crippen LogP contribution is 2.37. The molecule has 0 saturated carbocycles. The van der Waals surface area contributed by atoms with Crippen LogP contribution >= 0.6 is 0 Å². The third-order valence-electron chi connectivity index (χ3n) is 4.44. The predicted octanol–water partition coefficient (Wildman–Crippen LogP) is 3.45. The Hall–Kier alpha value is -2.89. The molecule has 3 N–H and O–H groups in total. The summed E-state index contributed by atoms with van der Waals surface area (Å²) in [5, 5.41) is 7.69. The zero-order valence-electron chi connectivity index (χ0n) is 13.3. The third kappa shape index (κ3) is 2.60. The zero-order chi connectivity index (χ0) is 16.7. The third-order valence-corrected chi connectivity index (χ3v) is 4.44. The number of nitrogens with two attached hydrogens (primary N) is 1. The van der Waals surface area contributed by atoms with Gasteiger partial charge in [-0.3, -0.25) is 0 Å². The van der Waals surface area contributed by atoms with Gasteiger partial charge in [-0.1, -0.05) is 42.0 Å². The molecule has 3 aromatic rings. The van der Waals surface area contributed by atoms with Crippen molar-refractivity contribution in [1.29, 1.82) is 0 Å². The lowest BCUT2D eigenvalue weighted by atomic mass is 9.93. The molecule has 2 atom stereocenters. The molecule has 1 aliphatic heterocycles. The first-order valence-electron chi connectivity index (χ1n) is 7.91. The number of aromatic nitrogens is 3. The van der Waals surface area contributed by atoms with Gasteiger partial charge < -0.3 is 11.1 Å². The minimum atomic E-state index is -0.239. The van der Waals surface area contributed by atoms with Crippen LogP contribution in [0.5, 0.6) is 0 Å². The maximum atomic E-state index is 13.2. The van der Waals surface area contributed by atoms with Crippen molar-refractivity contribution >= 4 is 11.9 Å². The van der Waals surface area contributed by atoms with E-state index < -0.39 is 0 Å². The van der Waals surface area contributed by atoms with Crippen molar-refractivity contribution in [3.8, 4) is 0 Å². The van der Waals surface area contributed by atoms with Crippen LogP contribution in [0.25, 0.3) is 0 Å². The molecule has 0 unspecified atom stereocenters. The molecule has 0 spiro atoms. The number of fused-ring (bicyclic) bond motifs is 1. The van der Waals surface area contributed by atoms with E-state index in [9.17, 15) is 4.39 Å². The monoisotopic (exact) mass is 323 g/mol. The summed E-state index contributed by atoms with van der Waals surface area (Å²) in [5.74, 6) is 0.644. The lowest BCUT2D eigenvalue weighted by Gasteiger charge is -2.31. The van der Waals surface area contributed by atoms with E-state index in [1.165, 1.54) is 17.7 Å². The second kappa shape index (κ2) is 5.63. The van der Waals surface area contributed by atoms with Crippen LogP contribution in [0.2, 0.25) is 0 Å². The molecule has 5 nitrogen and oxygen atoms in total. The van der Waals surface area contributed by atoms with E-state index in [4.69, 9.17) is 5.73 Å². The molecule has 0 saturated heterocycles. The van der Waals surface area contributed by atoms with Crippen molar-refractivity contribution < 1.29 is 4.39 Å². The van der Waals surface area contributed by atoms with Crippen molar-refractivity contribution in [2.75, 3.05) is 11.1 Å². The standard InChI is InChI=1S/C18H18FN5/c1-11-2-4-13(5-3-11)16-10-15(12-6-8-14(19)9-7-12)21-18-22-17(20)23-24(16)18/h2-9,15-16H,10H2,1H3,(H3,20,21,22,23)/t15-,16+/m0/s1. The average molecular weight is 323 g/mol. The number of nitrogens with zero attached hydrogens (tertiary/aromatic N) is 3. The molecule has 6 heteroatoms. The topological polar surface area (TPSA) is 68.8 Å². The fourth-order valence-electron chi connectivity index (χ4n) is 3.17. The van der Waals surface area contributed by atoms with E-state index in [1.54, 1.807) is 12.1 Å². The molecule has 0 bridgehead atoms. The Morgan fingerprint density at radius 3 is 2.46 bits per heavy atom. The van der Waals surface area contributed by atoms with Crippen molar-refractivity contribution in [3.63, 3.8) is 0 Å². The Labute approximate surface area is 139 Å². The molecule has 1 aromatic heterocycles. The van der Waals surface area contributed by atoms with Crippen LogP contribution in [0, 0.1) is 12.7 Å². The van der Waals surface area contributed by atoms with E-state index in [1.807, 2.05) is 4.68 Å². The largest absolute Gasteiger partial charge is 0.366 e. The van der Waals surface area contributed by atoms with Gasteiger partial charge in [-0.05, 0) is 36.6 Å². The molecule has 0 amide bonds. The van der Waals surface area contributed by atoms with E-state index >= 15 is 0 Å². The van der Waals surface area contributed by atoms with Gasteiger partial charge >= 0.3 is 0 Å². The van der Waals surface area contributed by atoms with Crippen LogP contribution in [-0.4, -0.2) is 14.8 Å². The summed E-state index contributed by atoms with van der Waals surface area (Å²) in [5.41, 5.74) is 9.17. The molecule has 2 aromatic carbocycles. The van der Waals surface area contributed by atoms with Gasteiger partial charge in [-0.2, -0.15) is 4.98 Å². The SMILES string of the molecule is Cc1ccc([C@H]2C[C@@H](c3ccc(F)cc3)Nc3nc(N)nn32)cc1. The van der Waals surface area contributed by atoms with Crippen LogP contribution in [0.15, 0.2) is 48.5 Å². The number of anilines is 2. The summed E-state index contributed by atoms with van der Waals surface area (Å²) in [4.78, 5) is 4.28. The van der Waals surface area contributed by atoms with Crippen LogP contribution < -0.4 is 11.1 Å². The van der Waals surface area contributed by atoms with Gasteiger partial charge in [0.2, 0.25) is 11.9 Å². The number of benzene rings is 2. The van der Waals surface area contributed by atoms with Gasteiger partial charge in [0.15, 0.2) is 0 Å². The number of aryl methyl sites for hydroxylation is 1. The van der Waals surface area contributed by atoms with Crippen molar-refractivity contribution in [3.05, 3.63) is 71.0 Å². The quantitative estimate of drug-likeness (QED) is 0.758. The van der Waals surface area contributed by atoms with Gasteiger partial charge in [0.05, 0.1) is 12.1 Å². The highest BCUT2D eigenvalue weighted by atomic mass is 19.1. The molecule has 24 heavy (non-hydrogen) atoms. The number of hydrogen-bond acceptors (Lipinski definition) is 4. The summed E-state index contributed by atoms with van der Waals surface area (Å²) in [7, 11) is 0. The Bertz CT molecular complexity index is 854. The molecule has 0 fully saturated rings. The highest BCUT2D eigenvalue weighted by molar-refractivity contribution is 5.41. The first-order valence-corrected chi connectivity index (χ1v) is 7.91. The summed E-state index contributed by atoms with van der Waals surface area (Å²) < 4.78 is 15.0. The second-order valence-corrected chi connectivity index (χ2v) is 6.15. The smallest absolute Gasteiger partial charge is 0.241 e. The Morgan fingerprint density at radius 2 is 1.75 bits per heavy atom. The van der Waals surface area contributed by atoms with Gasteiger partial charge in [0, 0.05) is 0 Å². The van der Waals surface area contributed by atoms with E-state index in [0.717, 1.165) is 17.5 Å². The minimum absolute atomic E-state index is 0.0213. The molecular weight excluding hydrogens is 305 g/mol. The lowest BCUT2D eigenvalue weighted by Crippen LogP contribution is -2.28. The van der Waals surface area contributed by atoms with Crippen molar-refractivity contribution in [2.24, 2.45) is 0 Å². The molecule has 0 aliphatic carbocycles. The lowest BCUT2D eigenvalue weighted by molar-refractivity contribution is 0.431. The van der Waals surface area contributed by atoms with E-state index in [-0.39, 0.29) is 23.8 Å². The Kier molecular flexibility index (Phi) is 3.45. The summed E-state index contributed by atoms with van der Waals surface area (Å²) in [6, 6.07) is 15.0. The normalized spacial score (nSPS) is 19.6. The van der Waals surface area contributed by atoms with Crippen molar-refractivity contribution in [1.82, 2.24) is 14.8 Å². The number of hydrogen-bond donors (Lipinski definition) is 2. The van der Waals surface area contributed by atoms with E-state index in [0.29, 0.717) is 5.95 Å². The molecular formula is C18H18FN5. The first-order chi connectivity index (χ1) is 11.6. The van der Waals surface area contributed by atoms with Crippen molar-refractivity contribution in [2.45, 2.75) is 25.4 Å². The number of rotatable bonds is 2. The molecule has 2 heterocycles. The molecule has 4 rings (SSSR count). The van der Waals surface area contributed by atoms with Crippen LogP contribution in [0.4, 0.5) is 16.3 Å². The van der Waals surface area contributed by atoms with Crippen LogP contribution in [0.3, 0.4) is 0 Å². The number of nitrogen functional groups attached to an aromatic ring is 1. The maximum Gasteiger partial charge on any atom is 0.241 e. The fraction of sp³-hybridized carbons (Fsp3) is 0.222. The van der Waals surface area contributed by atoms with Gasteiger partial charge in [-0.25, -0.2) is 9.07 Å². The minimum Gasteiger partial charge on any atom is -0.366 e. The summed E-state index contributed by atoms with van der Waals surface area (Å²) in [6.07, 6.45) is 0.782. The molecule has 0 radical (unpaired) electrons. The van der Waals surface area contributed by atoms with Crippen LogP contribution in [0.1, 0.15) is 35.2 Å². The summed E-state index contributed by atoms with van der Waals surface area (Å²) in [6.45, 7) is 2.06. The number of halogens is 1. The average Bonchev–Trinajstić information content (AvgIpc) is 2.95. The van der Waals surface area contributed by atoms with Crippen LogP contribution in [-0.2, 0) is 0 Å². The summed E-state index contributed by atoms with van der Waals surface area (Å²) >= 11 is 0. The number of nitrogens with one attached hydrogen (secondary N) is 1. The van der Waals surface area contributed by atoms with E-state index in [2.05, 4.69) is 46.6 Å². The highest BCUT2D eigenvalue weighted by Gasteiger charge is 2.30. The predicted molar refractivity (Wildman–Crippen MR) is 91.1 cm³/mol. The Balaban J connectivity index is 1.74. The zero-order valence-corrected chi connectivity index (χ0v) is 13.3. The molecule has 1 aliphatic rings. The van der Waals surface area contributed by atoms with Gasteiger partial charge in [-0.15, -0.1) is 5.10 Å². The first kappa shape index (κ1) is 14.7. The molecule has 122 valence electrons. The maximum absolute atomic E-state index is 13.2. The fourth-order valence-corrected chi connectivity index (χ4v) is 3.17. The Morgan fingerprint density at radius 1 is 1.08 bits per heavy atom.